The molecule has 4 nitrogen and oxygen atoms in total. The first-order valence-electron chi connectivity index (χ1n) is 5.62. The molecule has 1 aromatic heterocycles. The number of ether oxygens (including phenoxy) is 1. The van der Waals surface area contributed by atoms with Gasteiger partial charge < -0.3 is 14.9 Å². The lowest BCUT2D eigenvalue weighted by Gasteiger charge is -2.14. The standard InChI is InChI=1S/C12H19NO3S/c1-8(6-7-13)17-9(2)10-4-5-11(16-10)12(14)15-3/h4-5,8-9H,6-7,13H2,1-3H3. The van der Waals surface area contributed by atoms with Gasteiger partial charge in [-0.25, -0.2) is 4.79 Å². The van der Waals surface area contributed by atoms with Gasteiger partial charge in [-0.05, 0) is 32.0 Å². The Kier molecular flexibility index (Phi) is 5.58. The molecule has 0 aliphatic rings. The van der Waals surface area contributed by atoms with Crippen molar-refractivity contribution in [2.45, 2.75) is 30.8 Å². The van der Waals surface area contributed by atoms with Crippen molar-refractivity contribution in [2.75, 3.05) is 13.7 Å². The summed E-state index contributed by atoms with van der Waals surface area (Å²) in [6.07, 6.45) is 0.972. The van der Waals surface area contributed by atoms with Gasteiger partial charge in [0.2, 0.25) is 5.76 Å². The SMILES string of the molecule is COC(=O)c1ccc(C(C)SC(C)CCN)o1. The molecule has 1 aromatic rings. The van der Waals surface area contributed by atoms with Crippen molar-refractivity contribution < 1.29 is 13.9 Å². The number of methoxy groups -OCH3 is 1. The van der Waals surface area contributed by atoms with Crippen LogP contribution in [0.5, 0.6) is 0 Å². The van der Waals surface area contributed by atoms with E-state index in [-0.39, 0.29) is 11.0 Å². The Morgan fingerprint density at radius 1 is 1.53 bits per heavy atom. The quantitative estimate of drug-likeness (QED) is 0.793. The fourth-order valence-electron chi connectivity index (χ4n) is 1.50. The van der Waals surface area contributed by atoms with Crippen LogP contribution in [-0.2, 0) is 4.74 Å². The van der Waals surface area contributed by atoms with Gasteiger partial charge in [0.15, 0.2) is 0 Å². The largest absolute Gasteiger partial charge is 0.463 e. The molecule has 2 unspecified atom stereocenters. The highest BCUT2D eigenvalue weighted by Crippen LogP contribution is 2.33. The minimum Gasteiger partial charge on any atom is -0.463 e. The van der Waals surface area contributed by atoms with Crippen molar-refractivity contribution in [1.82, 2.24) is 0 Å². The monoisotopic (exact) mass is 257 g/mol. The van der Waals surface area contributed by atoms with Crippen LogP contribution in [-0.4, -0.2) is 24.9 Å². The van der Waals surface area contributed by atoms with Crippen LogP contribution in [0.4, 0.5) is 0 Å². The van der Waals surface area contributed by atoms with Gasteiger partial charge in [-0.1, -0.05) is 6.92 Å². The van der Waals surface area contributed by atoms with E-state index in [4.69, 9.17) is 10.2 Å². The molecule has 1 rings (SSSR count). The first-order valence-corrected chi connectivity index (χ1v) is 6.56. The van der Waals surface area contributed by atoms with E-state index in [9.17, 15) is 4.79 Å². The van der Waals surface area contributed by atoms with Gasteiger partial charge >= 0.3 is 5.97 Å². The molecule has 0 radical (unpaired) electrons. The molecule has 1 heterocycles. The minimum atomic E-state index is -0.441. The predicted octanol–water partition coefficient (Wildman–Crippen LogP) is 2.60. The van der Waals surface area contributed by atoms with E-state index in [0.717, 1.165) is 12.2 Å². The van der Waals surface area contributed by atoms with E-state index in [2.05, 4.69) is 18.6 Å². The smallest absolute Gasteiger partial charge is 0.373 e. The van der Waals surface area contributed by atoms with Crippen molar-refractivity contribution in [3.63, 3.8) is 0 Å². The maximum atomic E-state index is 11.2. The number of esters is 1. The topological polar surface area (TPSA) is 65.5 Å². The summed E-state index contributed by atoms with van der Waals surface area (Å²) in [6.45, 7) is 4.88. The Hall–Kier alpha value is -0.940. The van der Waals surface area contributed by atoms with Crippen LogP contribution in [0, 0.1) is 0 Å². The van der Waals surface area contributed by atoms with E-state index >= 15 is 0 Å². The zero-order valence-corrected chi connectivity index (χ0v) is 11.3. The summed E-state index contributed by atoms with van der Waals surface area (Å²) in [5, 5.41) is 0.677. The Morgan fingerprint density at radius 3 is 2.82 bits per heavy atom. The maximum Gasteiger partial charge on any atom is 0.373 e. The molecule has 2 N–H and O–H groups in total. The molecular weight excluding hydrogens is 238 g/mol. The predicted molar refractivity (Wildman–Crippen MR) is 69.2 cm³/mol. The Bertz CT molecular complexity index is 364. The lowest BCUT2D eigenvalue weighted by Crippen LogP contribution is -2.08. The average Bonchev–Trinajstić information content (AvgIpc) is 2.77. The number of furan rings is 1. The maximum absolute atomic E-state index is 11.2. The van der Waals surface area contributed by atoms with Gasteiger partial charge in [0.25, 0.3) is 0 Å². The molecule has 0 aliphatic carbocycles. The fourth-order valence-corrected chi connectivity index (χ4v) is 2.73. The summed E-state index contributed by atoms with van der Waals surface area (Å²) < 4.78 is 10.0. The van der Waals surface area contributed by atoms with Crippen molar-refractivity contribution in [3.8, 4) is 0 Å². The van der Waals surface area contributed by atoms with E-state index in [1.54, 1.807) is 17.8 Å². The number of carbonyl (C=O) groups is 1. The highest BCUT2D eigenvalue weighted by molar-refractivity contribution is 8.00. The molecule has 0 amide bonds. The van der Waals surface area contributed by atoms with Gasteiger partial charge in [0.1, 0.15) is 5.76 Å². The Balaban J connectivity index is 2.60. The van der Waals surface area contributed by atoms with E-state index < -0.39 is 5.97 Å². The second-order valence-electron chi connectivity index (χ2n) is 3.86. The molecule has 0 aromatic carbocycles. The Labute approximate surface area is 106 Å². The van der Waals surface area contributed by atoms with Gasteiger partial charge in [-0.3, -0.25) is 0 Å². The van der Waals surface area contributed by atoms with E-state index in [0.29, 0.717) is 11.8 Å². The molecule has 5 heteroatoms. The van der Waals surface area contributed by atoms with Crippen LogP contribution in [0.1, 0.15) is 41.8 Å². The highest BCUT2D eigenvalue weighted by atomic mass is 32.2. The third-order valence-electron chi connectivity index (χ3n) is 2.42. The van der Waals surface area contributed by atoms with Crippen LogP contribution in [0.2, 0.25) is 0 Å². The fraction of sp³-hybridized carbons (Fsp3) is 0.583. The lowest BCUT2D eigenvalue weighted by atomic mass is 10.3. The Morgan fingerprint density at radius 2 is 2.24 bits per heavy atom. The van der Waals surface area contributed by atoms with Crippen molar-refractivity contribution in [2.24, 2.45) is 5.73 Å². The number of carbonyl (C=O) groups excluding carboxylic acids is 1. The van der Waals surface area contributed by atoms with Gasteiger partial charge in [-0.2, -0.15) is 0 Å². The molecule has 0 saturated heterocycles. The number of nitrogens with two attached hydrogens (primary N) is 1. The summed E-state index contributed by atoms with van der Waals surface area (Å²) >= 11 is 1.78. The summed E-state index contributed by atoms with van der Waals surface area (Å²) in [5.41, 5.74) is 5.51. The summed E-state index contributed by atoms with van der Waals surface area (Å²) in [7, 11) is 1.34. The van der Waals surface area contributed by atoms with Crippen LogP contribution < -0.4 is 5.73 Å². The number of hydrogen-bond acceptors (Lipinski definition) is 5. The normalized spacial score (nSPS) is 14.4. The first-order chi connectivity index (χ1) is 8.08. The number of hydrogen-bond donors (Lipinski definition) is 1. The van der Waals surface area contributed by atoms with Crippen LogP contribution in [0.15, 0.2) is 16.5 Å². The van der Waals surface area contributed by atoms with Crippen molar-refractivity contribution in [1.29, 1.82) is 0 Å². The van der Waals surface area contributed by atoms with E-state index in [1.807, 2.05) is 6.07 Å². The van der Waals surface area contributed by atoms with Crippen LogP contribution in [0.3, 0.4) is 0 Å². The van der Waals surface area contributed by atoms with Crippen LogP contribution >= 0.6 is 11.8 Å². The van der Waals surface area contributed by atoms with Crippen molar-refractivity contribution in [3.05, 3.63) is 23.7 Å². The van der Waals surface area contributed by atoms with Gasteiger partial charge in [-0.15, -0.1) is 11.8 Å². The molecular formula is C12H19NO3S. The first kappa shape index (κ1) is 14.1. The van der Waals surface area contributed by atoms with Crippen LogP contribution in [0.25, 0.3) is 0 Å². The summed E-state index contributed by atoms with van der Waals surface area (Å²) in [5.74, 6) is 0.601. The second-order valence-corrected chi connectivity index (χ2v) is 5.64. The molecule has 2 atom stereocenters. The molecule has 0 aliphatic heterocycles. The second kappa shape index (κ2) is 6.71. The zero-order chi connectivity index (χ0) is 12.8. The van der Waals surface area contributed by atoms with Crippen molar-refractivity contribution >= 4 is 17.7 Å². The minimum absolute atomic E-state index is 0.204. The van der Waals surface area contributed by atoms with Gasteiger partial charge in [0, 0.05) is 5.25 Å². The molecule has 0 bridgehead atoms. The average molecular weight is 257 g/mol. The molecule has 0 fully saturated rings. The third-order valence-corrected chi connectivity index (χ3v) is 3.76. The third kappa shape index (κ3) is 4.09. The van der Waals surface area contributed by atoms with E-state index in [1.165, 1.54) is 7.11 Å². The molecule has 0 saturated carbocycles. The zero-order valence-electron chi connectivity index (χ0n) is 10.4. The molecule has 17 heavy (non-hydrogen) atoms. The number of thioether (sulfide) groups is 1. The molecule has 0 spiro atoms. The summed E-state index contributed by atoms with van der Waals surface area (Å²) in [6, 6.07) is 3.46. The lowest BCUT2D eigenvalue weighted by molar-refractivity contribution is 0.0563. The van der Waals surface area contributed by atoms with Gasteiger partial charge in [0.05, 0.1) is 12.4 Å². The highest BCUT2D eigenvalue weighted by Gasteiger charge is 2.17. The summed E-state index contributed by atoms with van der Waals surface area (Å²) in [4.78, 5) is 11.2. The molecule has 96 valence electrons. The number of rotatable bonds is 6.